The van der Waals surface area contributed by atoms with Crippen LogP contribution in [-0.2, 0) is 16.0 Å². The van der Waals surface area contributed by atoms with Gasteiger partial charge in [0.1, 0.15) is 5.75 Å². The lowest BCUT2D eigenvalue weighted by Crippen LogP contribution is -2.50. The maximum Gasteiger partial charge on any atom is 0.276 e. The number of nitrogens with one attached hydrogen (secondary N) is 3. The number of rotatable bonds is 6. The van der Waals surface area contributed by atoms with Crippen LogP contribution >= 0.6 is 12.2 Å². The predicted octanol–water partition coefficient (Wildman–Crippen LogP) is 3.31. The summed E-state index contributed by atoms with van der Waals surface area (Å²) in [6.07, 6.45) is 0.196. The molecule has 0 bridgehead atoms. The largest absolute Gasteiger partial charge is 0.483 e. The molecule has 0 heterocycles. The smallest absolute Gasteiger partial charge is 0.276 e. The van der Waals surface area contributed by atoms with Crippen LogP contribution in [0.4, 0.5) is 0 Å². The quantitative estimate of drug-likeness (QED) is 0.411. The summed E-state index contributed by atoms with van der Waals surface area (Å²) in [6.45, 7) is 1.73. The van der Waals surface area contributed by atoms with Crippen molar-refractivity contribution in [2.75, 3.05) is 6.61 Å². The van der Waals surface area contributed by atoms with Crippen LogP contribution in [0.25, 0.3) is 11.1 Å². The Hall–Kier alpha value is -3.71. The fraction of sp³-hybridized carbons (Fsp3) is 0.125. The number of aryl methyl sites for hydroxylation is 1. The second kappa shape index (κ2) is 10.9. The molecule has 0 radical (unpaired) electrons. The van der Waals surface area contributed by atoms with Gasteiger partial charge in [-0.1, -0.05) is 72.8 Å². The van der Waals surface area contributed by atoms with E-state index >= 15 is 0 Å². The minimum Gasteiger partial charge on any atom is -0.483 e. The minimum absolute atomic E-state index is 0.0108. The number of ether oxygens (including phenoxy) is 1. The van der Waals surface area contributed by atoms with Crippen molar-refractivity contribution in [3.63, 3.8) is 0 Å². The average molecular weight is 434 g/mol. The molecule has 6 nitrogen and oxygen atoms in total. The molecule has 3 rings (SSSR count). The van der Waals surface area contributed by atoms with Gasteiger partial charge in [0.25, 0.3) is 5.91 Å². The standard InChI is InChI=1S/C24H23N3O3S/c1-17-9-5-6-12-19(17)15-22(28)25-24(31)27-26-23(29)16-30-21-14-8-7-13-20(21)18-10-3-2-4-11-18/h2-14H,15-16H2,1H3,(H,26,29)(H2,25,27,28,31). The molecule has 3 aromatic carbocycles. The molecule has 158 valence electrons. The van der Waals surface area contributed by atoms with Crippen LogP contribution in [0, 0.1) is 6.92 Å². The molecule has 0 aromatic heterocycles. The lowest BCUT2D eigenvalue weighted by atomic mass is 10.1. The molecule has 0 saturated heterocycles. The number of hydrogen-bond donors (Lipinski definition) is 3. The van der Waals surface area contributed by atoms with Gasteiger partial charge in [-0.05, 0) is 41.9 Å². The third-order valence-corrected chi connectivity index (χ3v) is 4.72. The van der Waals surface area contributed by atoms with Gasteiger partial charge in [-0.2, -0.15) is 0 Å². The number of benzene rings is 3. The summed E-state index contributed by atoms with van der Waals surface area (Å²) in [6, 6.07) is 24.9. The molecular formula is C24H23N3O3S. The Morgan fingerprint density at radius 1 is 0.839 bits per heavy atom. The molecular weight excluding hydrogens is 410 g/mol. The summed E-state index contributed by atoms with van der Waals surface area (Å²) in [7, 11) is 0. The van der Waals surface area contributed by atoms with E-state index in [0.717, 1.165) is 22.3 Å². The number of carbonyl (C=O) groups is 2. The highest BCUT2D eigenvalue weighted by molar-refractivity contribution is 7.80. The summed E-state index contributed by atoms with van der Waals surface area (Å²) in [5, 5.41) is 2.55. The third-order valence-electron chi connectivity index (χ3n) is 4.51. The third kappa shape index (κ3) is 6.65. The minimum atomic E-state index is -0.432. The van der Waals surface area contributed by atoms with E-state index in [-0.39, 0.29) is 24.0 Å². The topological polar surface area (TPSA) is 79.5 Å². The van der Waals surface area contributed by atoms with Crippen LogP contribution in [-0.4, -0.2) is 23.5 Å². The van der Waals surface area contributed by atoms with Crippen LogP contribution < -0.4 is 20.9 Å². The van der Waals surface area contributed by atoms with Crippen molar-refractivity contribution in [2.24, 2.45) is 0 Å². The molecule has 0 saturated carbocycles. The maximum atomic E-state index is 12.1. The van der Waals surface area contributed by atoms with Crippen LogP contribution in [0.1, 0.15) is 11.1 Å². The first-order chi connectivity index (χ1) is 15.0. The molecule has 0 aliphatic heterocycles. The van der Waals surface area contributed by atoms with Gasteiger partial charge in [-0.25, -0.2) is 0 Å². The summed E-state index contributed by atoms with van der Waals surface area (Å²) >= 11 is 5.06. The van der Waals surface area contributed by atoms with E-state index in [0.29, 0.717) is 5.75 Å². The fourth-order valence-electron chi connectivity index (χ4n) is 2.94. The first kappa shape index (κ1) is 22.0. The van der Waals surface area contributed by atoms with Crippen molar-refractivity contribution >= 4 is 29.1 Å². The summed E-state index contributed by atoms with van der Waals surface area (Å²) < 4.78 is 5.68. The number of thiocarbonyl (C=S) groups is 1. The van der Waals surface area contributed by atoms with E-state index in [4.69, 9.17) is 17.0 Å². The Labute approximate surface area is 186 Å². The highest BCUT2D eigenvalue weighted by Gasteiger charge is 2.10. The Morgan fingerprint density at radius 2 is 1.52 bits per heavy atom. The summed E-state index contributed by atoms with van der Waals surface area (Å²) in [5.41, 5.74) is 8.76. The van der Waals surface area contributed by atoms with Crippen molar-refractivity contribution in [3.05, 3.63) is 90.0 Å². The predicted molar refractivity (Wildman–Crippen MR) is 124 cm³/mol. The highest BCUT2D eigenvalue weighted by atomic mass is 32.1. The molecule has 3 N–H and O–H groups in total. The molecule has 0 aliphatic carbocycles. The van der Waals surface area contributed by atoms with E-state index in [1.165, 1.54) is 0 Å². The Balaban J connectivity index is 1.45. The molecule has 0 unspecified atom stereocenters. The molecule has 2 amide bonds. The van der Waals surface area contributed by atoms with E-state index in [2.05, 4.69) is 16.2 Å². The molecule has 0 fully saturated rings. The maximum absolute atomic E-state index is 12.1. The van der Waals surface area contributed by atoms with Crippen LogP contribution in [0.3, 0.4) is 0 Å². The number of amides is 2. The van der Waals surface area contributed by atoms with Crippen molar-refractivity contribution in [1.82, 2.24) is 16.2 Å². The number of hydrazine groups is 1. The molecule has 0 spiro atoms. The highest BCUT2D eigenvalue weighted by Crippen LogP contribution is 2.29. The molecule has 0 aliphatic rings. The molecule has 7 heteroatoms. The Bertz CT molecular complexity index is 1070. The number of carbonyl (C=O) groups excluding carboxylic acids is 2. The summed E-state index contributed by atoms with van der Waals surface area (Å²) in [5.74, 6) is -0.106. The van der Waals surface area contributed by atoms with Gasteiger partial charge in [-0.15, -0.1) is 0 Å². The Kier molecular flexibility index (Phi) is 7.73. The second-order valence-electron chi connectivity index (χ2n) is 6.80. The first-order valence-electron chi connectivity index (χ1n) is 9.73. The average Bonchev–Trinajstić information content (AvgIpc) is 2.78. The Morgan fingerprint density at radius 3 is 2.29 bits per heavy atom. The van der Waals surface area contributed by atoms with Crippen molar-refractivity contribution in [2.45, 2.75) is 13.3 Å². The van der Waals surface area contributed by atoms with Crippen LogP contribution in [0.2, 0.25) is 0 Å². The second-order valence-corrected chi connectivity index (χ2v) is 7.21. The van der Waals surface area contributed by atoms with Crippen molar-refractivity contribution < 1.29 is 14.3 Å². The van der Waals surface area contributed by atoms with Crippen molar-refractivity contribution in [1.29, 1.82) is 0 Å². The zero-order chi connectivity index (χ0) is 22.1. The summed E-state index contributed by atoms with van der Waals surface area (Å²) in [4.78, 5) is 24.2. The van der Waals surface area contributed by atoms with Gasteiger partial charge in [-0.3, -0.25) is 20.4 Å². The monoisotopic (exact) mass is 433 g/mol. The van der Waals surface area contributed by atoms with E-state index in [1.54, 1.807) is 6.07 Å². The fourth-order valence-corrected chi connectivity index (χ4v) is 3.10. The molecule has 3 aromatic rings. The van der Waals surface area contributed by atoms with Crippen LogP contribution in [0.15, 0.2) is 78.9 Å². The van der Waals surface area contributed by atoms with Crippen LogP contribution in [0.5, 0.6) is 5.75 Å². The van der Waals surface area contributed by atoms with E-state index in [9.17, 15) is 9.59 Å². The van der Waals surface area contributed by atoms with Crippen molar-refractivity contribution in [3.8, 4) is 16.9 Å². The number of hydrogen-bond acceptors (Lipinski definition) is 4. The van der Waals surface area contributed by atoms with Gasteiger partial charge < -0.3 is 10.1 Å². The normalized spacial score (nSPS) is 10.1. The SMILES string of the molecule is Cc1ccccc1CC(=O)NC(=S)NNC(=O)COc1ccccc1-c1ccccc1. The lowest BCUT2D eigenvalue weighted by molar-refractivity contribution is -0.124. The van der Waals surface area contributed by atoms with Gasteiger partial charge in [0, 0.05) is 5.56 Å². The van der Waals surface area contributed by atoms with E-state index < -0.39 is 5.91 Å². The van der Waals surface area contributed by atoms with E-state index in [1.807, 2.05) is 79.7 Å². The van der Waals surface area contributed by atoms with Gasteiger partial charge >= 0.3 is 0 Å². The van der Waals surface area contributed by atoms with Gasteiger partial charge in [0.05, 0.1) is 6.42 Å². The number of para-hydroxylation sites is 1. The van der Waals surface area contributed by atoms with Gasteiger partial charge in [0.15, 0.2) is 11.7 Å². The lowest BCUT2D eigenvalue weighted by Gasteiger charge is -2.13. The zero-order valence-electron chi connectivity index (χ0n) is 17.1. The first-order valence-corrected chi connectivity index (χ1v) is 10.1. The molecule has 31 heavy (non-hydrogen) atoms. The van der Waals surface area contributed by atoms with Gasteiger partial charge in [0.2, 0.25) is 5.91 Å². The zero-order valence-corrected chi connectivity index (χ0v) is 17.9. The molecule has 0 atom stereocenters.